The van der Waals surface area contributed by atoms with Gasteiger partial charge in [-0.25, -0.2) is 4.39 Å². The molecule has 1 aromatic carbocycles. The summed E-state index contributed by atoms with van der Waals surface area (Å²) in [5.74, 6) is 0. The molecule has 3 heteroatoms. The lowest BCUT2D eigenvalue weighted by atomic mass is 10.1. The van der Waals surface area contributed by atoms with E-state index in [2.05, 4.69) is 23.2 Å². The van der Waals surface area contributed by atoms with Crippen molar-refractivity contribution in [3.05, 3.63) is 29.3 Å². The summed E-state index contributed by atoms with van der Waals surface area (Å²) in [6.07, 6.45) is 0.286. The fraction of sp³-hybridized carbons (Fsp3) is 0.571. The largest absolute Gasteiger partial charge is 0.370 e. The van der Waals surface area contributed by atoms with Crippen LogP contribution < -0.4 is 10.2 Å². The lowest BCUT2D eigenvalue weighted by molar-refractivity contribution is 0.374. The van der Waals surface area contributed by atoms with Gasteiger partial charge in [0, 0.05) is 25.3 Å². The van der Waals surface area contributed by atoms with Crippen LogP contribution in [0, 0.1) is 6.92 Å². The first-order chi connectivity index (χ1) is 8.18. The lowest BCUT2D eigenvalue weighted by Gasteiger charge is -2.24. The Labute approximate surface area is 103 Å². The van der Waals surface area contributed by atoms with Crippen LogP contribution in [0.15, 0.2) is 18.2 Å². The average molecular weight is 236 g/mol. The van der Waals surface area contributed by atoms with Crippen molar-refractivity contribution in [2.24, 2.45) is 0 Å². The zero-order valence-corrected chi connectivity index (χ0v) is 10.7. The zero-order valence-electron chi connectivity index (χ0n) is 10.7. The first-order valence-corrected chi connectivity index (χ1v) is 6.39. The van der Waals surface area contributed by atoms with Crippen LogP contribution in [-0.2, 0) is 0 Å². The fourth-order valence-corrected chi connectivity index (χ4v) is 2.37. The van der Waals surface area contributed by atoms with Gasteiger partial charge in [0.1, 0.15) is 6.17 Å². The normalized spacial score (nSPS) is 18.9. The van der Waals surface area contributed by atoms with E-state index in [-0.39, 0.29) is 0 Å². The molecule has 0 bridgehead atoms. The average Bonchev–Trinajstić information content (AvgIpc) is 2.57. The molecule has 2 nitrogen and oxygen atoms in total. The van der Waals surface area contributed by atoms with E-state index < -0.39 is 6.17 Å². The smallest absolute Gasteiger partial charge is 0.122 e. The second-order valence-corrected chi connectivity index (χ2v) is 4.75. The molecule has 1 atom stereocenters. The van der Waals surface area contributed by atoms with E-state index in [4.69, 9.17) is 0 Å². The molecule has 1 unspecified atom stereocenters. The van der Waals surface area contributed by atoms with Gasteiger partial charge in [0.25, 0.3) is 0 Å². The third kappa shape index (κ3) is 2.97. The van der Waals surface area contributed by atoms with Crippen molar-refractivity contribution < 1.29 is 4.39 Å². The van der Waals surface area contributed by atoms with Gasteiger partial charge < -0.3 is 10.2 Å². The van der Waals surface area contributed by atoms with Crippen LogP contribution in [0.4, 0.5) is 10.1 Å². The number of alkyl halides is 1. The number of anilines is 1. The highest BCUT2D eigenvalue weighted by Gasteiger charge is 2.13. The maximum atomic E-state index is 13.2. The molecule has 1 aliphatic rings. The van der Waals surface area contributed by atoms with Crippen molar-refractivity contribution >= 4 is 5.69 Å². The summed E-state index contributed by atoms with van der Waals surface area (Å²) in [7, 11) is 0. The Balaban J connectivity index is 2.19. The molecule has 0 amide bonds. The summed E-state index contributed by atoms with van der Waals surface area (Å²) in [4.78, 5) is 2.39. The van der Waals surface area contributed by atoms with Crippen LogP contribution in [-0.4, -0.2) is 26.2 Å². The Morgan fingerprint density at radius 3 is 2.82 bits per heavy atom. The maximum Gasteiger partial charge on any atom is 0.122 e. The van der Waals surface area contributed by atoms with Gasteiger partial charge in [0.15, 0.2) is 0 Å². The van der Waals surface area contributed by atoms with Gasteiger partial charge in [-0.3, -0.25) is 0 Å². The van der Waals surface area contributed by atoms with Crippen LogP contribution >= 0.6 is 0 Å². The van der Waals surface area contributed by atoms with Crippen molar-refractivity contribution in [1.82, 2.24) is 5.32 Å². The molecule has 1 heterocycles. The molecular weight excluding hydrogens is 215 g/mol. The molecular formula is C14H21FN2. The van der Waals surface area contributed by atoms with E-state index in [1.165, 1.54) is 17.7 Å². The van der Waals surface area contributed by atoms with E-state index >= 15 is 0 Å². The third-order valence-corrected chi connectivity index (χ3v) is 3.36. The molecule has 0 spiro atoms. The Morgan fingerprint density at radius 1 is 1.29 bits per heavy atom. The summed E-state index contributed by atoms with van der Waals surface area (Å²) in [6.45, 7) is 7.89. The SMILES string of the molecule is Cc1cc(C(C)F)ccc1N1CCCNCC1. The van der Waals surface area contributed by atoms with E-state index in [0.717, 1.165) is 31.7 Å². The van der Waals surface area contributed by atoms with Gasteiger partial charge in [-0.15, -0.1) is 0 Å². The minimum Gasteiger partial charge on any atom is -0.370 e. The van der Waals surface area contributed by atoms with Crippen molar-refractivity contribution in [3.63, 3.8) is 0 Å². The number of nitrogens with one attached hydrogen (secondary N) is 1. The summed E-state index contributed by atoms with van der Waals surface area (Å²) < 4.78 is 13.2. The molecule has 1 aliphatic heterocycles. The minimum absolute atomic E-state index is 0.777. The second kappa shape index (κ2) is 5.50. The van der Waals surface area contributed by atoms with Gasteiger partial charge in [0.05, 0.1) is 0 Å². The summed E-state index contributed by atoms with van der Waals surface area (Å²) in [5.41, 5.74) is 3.20. The Hall–Kier alpha value is -1.09. The first kappa shape index (κ1) is 12.4. The Bertz CT molecular complexity index is 368. The van der Waals surface area contributed by atoms with Crippen molar-refractivity contribution in [3.8, 4) is 0 Å². The Morgan fingerprint density at radius 2 is 2.12 bits per heavy atom. The van der Waals surface area contributed by atoms with E-state index in [1.807, 2.05) is 12.1 Å². The van der Waals surface area contributed by atoms with Gasteiger partial charge >= 0.3 is 0 Å². The molecule has 1 fully saturated rings. The van der Waals surface area contributed by atoms with Crippen LogP contribution in [0.25, 0.3) is 0 Å². The van der Waals surface area contributed by atoms with Gasteiger partial charge in [0.2, 0.25) is 0 Å². The summed E-state index contributed by atoms with van der Waals surface area (Å²) in [6, 6.07) is 5.94. The highest BCUT2D eigenvalue weighted by Crippen LogP contribution is 2.25. The quantitative estimate of drug-likeness (QED) is 0.849. The van der Waals surface area contributed by atoms with Crippen LogP contribution in [0.3, 0.4) is 0 Å². The number of hydrogen-bond donors (Lipinski definition) is 1. The topological polar surface area (TPSA) is 15.3 Å². The highest BCUT2D eigenvalue weighted by molar-refractivity contribution is 5.54. The molecule has 94 valence electrons. The number of benzene rings is 1. The van der Waals surface area contributed by atoms with Crippen LogP contribution in [0.1, 0.15) is 30.6 Å². The van der Waals surface area contributed by atoms with Crippen molar-refractivity contribution in [1.29, 1.82) is 0 Å². The van der Waals surface area contributed by atoms with E-state index in [1.54, 1.807) is 6.92 Å². The lowest BCUT2D eigenvalue weighted by Crippen LogP contribution is -2.28. The monoisotopic (exact) mass is 236 g/mol. The third-order valence-electron chi connectivity index (χ3n) is 3.36. The molecule has 1 aromatic rings. The van der Waals surface area contributed by atoms with Gasteiger partial charge in [-0.1, -0.05) is 12.1 Å². The predicted octanol–water partition coefficient (Wildman–Crippen LogP) is 2.83. The van der Waals surface area contributed by atoms with E-state index in [9.17, 15) is 4.39 Å². The molecule has 0 radical (unpaired) electrons. The number of rotatable bonds is 2. The zero-order chi connectivity index (χ0) is 12.3. The molecule has 1 saturated heterocycles. The number of nitrogens with zero attached hydrogens (tertiary/aromatic N) is 1. The molecule has 17 heavy (non-hydrogen) atoms. The maximum absolute atomic E-state index is 13.2. The standard InChI is InChI=1S/C14H21FN2/c1-11-10-13(12(2)15)4-5-14(11)17-8-3-6-16-7-9-17/h4-5,10,12,16H,3,6-9H2,1-2H3. The van der Waals surface area contributed by atoms with Crippen molar-refractivity contribution in [2.45, 2.75) is 26.4 Å². The number of aryl methyl sites for hydroxylation is 1. The van der Waals surface area contributed by atoms with E-state index in [0.29, 0.717) is 0 Å². The van der Waals surface area contributed by atoms with Gasteiger partial charge in [-0.2, -0.15) is 0 Å². The van der Waals surface area contributed by atoms with Crippen LogP contribution in [0.2, 0.25) is 0 Å². The molecule has 0 aromatic heterocycles. The highest BCUT2D eigenvalue weighted by atomic mass is 19.1. The summed E-state index contributed by atoms with van der Waals surface area (Å²) in [5, 5.41) is 3.39. The second-order valence-electron chi connectivity index (χ2n) is 4.75. The fourth-order valence-electron chi connectivity index (χ4n) is 2.37. The van der Waals surface area contributed by atoms with Crippen molar-refractivity contribution in [2.75, 3.05) is 31.1 Å². The number of halogens is 1. The predicted molar refractivity (Wildman–Crippen MR) is 70.4 cm³/mol. The minimum atomic E-state index is -0.881. The summed E-state index contributed by atoms with van der Waals surface area (Å²) >= 11 is 0. The van der Waals surface area contributed by atoms with Crippen LogP contribution in [0.5, 0.6) is 0 Å². The molecule has 0 saturated carbocycles. The Kier molecular flexibility index (Phi) is 4.00. The molecule has 2 rings (SSSR count). The molecule has 1 N–H and O–H groups in total. The number of hydrogen-bond acceptors (Lipinski definition) is 2. The van der Waals surface area contributed by atoms with Gasteiger partial charge in [-0.05, 0) is 44.0 Å². The first-order valence-electron chi connectivity index (χ1n) is 6.39. The molecule has 0 aliphatic carbocycles.